The van der Waals surface area contributed by atoms with E-state index in [1.165, 1.54) is 0 Å². The number of halogens is 1. The normalized spacial score (nSPS) is 10.4. The van der Waals surface area contributed by atoms with E-state index in [9.17, 15) is 0 Å². The summed E-state index contributed by atoms with van der Waals surface area (Å²) in [6.07, 6.45) is 1.61. The topological polar surface area (TPSA) is 58.1 Å². The smallest absolute Gasteiger partial charge is 0.137 e. The third-order valence-corrected chi connectivity index (χ3v) is 2.64. The second-order valence-electron chi connectivity index (χ2n) is 3.29. The van der Waals surface area contributed by atoms with Crippen molar-refractivity contribution in [3.05, 3.63) is 34.6 Å². The molecule has 2 aromatic rings. The standard InChI is InChI=1S/C11H11BrN2O2/c1-16-10-3-7(2-8(12)4-10)11-13-5-9(6-15)14-11/h2-5,15H,6H2,1H3,(H,13,14). The van der Waals surface area contributed by atoms with E-state index >= 15 is 0 Å². The largest absolute Gasteiger partial charge is 0.497 e. The van der Waals surface area contributed by atoms with Crippen molar-refractivity contribution in [3.8, 4) is 17.1 Å². The predicted molar refractivity (Wildman–Crippen MR) is 64.2 cm³/mol. The Morgan fingerprint density at radius 2 is 2.25 bits per heavy atom. The van der Waals surface area contributed by atoms with Crippen LogP contribution in [0.25, 0.3) is 11.4 Å². The summed E-state index contributed by atoms with van der Waals surface area (Å²) in [7, 11) is 1.62. The van der Waals surface area contributed by atoms with E-state index in [4.69, 9.17) is 9.84 Å². The quantitative estimate of drug-likeness (QED) is 0.909. The van der Waals surface area contributed by atoms with Crippen LogP contribution >= 0.6 is 15.9 Å². The number of methoxy groups -OCH3 is 1. The lowest BCUT2D eigenvalue weighted by Gasteiger charge is -2.03. The van der Waals surface area contributed by atoms with Gasteiger partial charge < -0.3 is 14.8 Å². The van der Waals surface area contributed by atoms with E-state index in [0.717, 1.165) is 15.8 Å². The second-order valence-corrected chi connectivity index (χ2v) is 4.21. The minimum Gasteiger partial charge on any atom is -0.497 e. The molecule has 0 bridgehead atoms. The Labute approximate surface area is 101 Å². The van der Waals surface area contributed by atoms with Crippen molar-refractivity contribution in [2.75, 3.05) is 7.11 Å². The highest BCUT2D eigenvalue weighted by Gasteiger charge is 2.06. The summed E-state index contributed by atoms with van der Waals surface area (Å²) in [6.45, 7) is -0.0435. The molecule has 1 aromatic carbocycles. The Hall–Kier alpha value is -1.33. The van der Waals surface area contributed by atoms with Crippen molar-refractivity contribution < 1.29 is 9.84 Å². The molecule has 0 aliphatic heterocycles. The molecule has 16 heavy (non-hydrogen) atoms. The molecular formula is C11H11BrN2O2. The minimum absolute atomic E-state index is 0.0435. The molecule has 1 aromatic heterocycles. The van der Waals surface area contributed by atoms with Crippen LogP contribution < -0.4 is 4.74 Å². The average Bonchev–Trinajstić information content (AvgIpc) is 2.76. The molecule has 0 amide bonds. The molecule has 0 atom stereocenters. The van der Waals surface area contributed by atoms with Crippen molar-refractivity contribution in [2.45, 2.75) is 6.61 Å². The molecule has 4 nitrogen and oxygen atoms in total. The average molecular weight is 283 g/mol. The van der Waals surface area contributed by atoms with E-state index in [-0.39, 0.29) is 6.61 Å². The molecule has 0 spiro atoms. The summed E-state index contributed by atoms with van der Waals surface area (Å²) in [5, 5.41) is 8.95. The summed E-state index contributed by atoms with van der Waals surface area (Å²) in [5.41, 5.74) is 1.60. The van der Waals surface area contributed by atoms with E-state index in [2.05, 4.69) is 25.9 Å². The van der Waals surface area contributed by atoms with Gasteiger partial charge in [0, 0.05) is 10.0 Å². The number of H-pyrrole nitrogens is 1. The molecule has 0 radical (unpaired) electrons. The Morgan fingerprint density at radius 1 is 1.44 bits per heavy atom. The first-order chi connectivity index (χ1) is 7.72. The van der Waals surface area contributed by atoms with Gasteiger partial charge in [-0.05, 0) is 18.2 Å². The molecule has 0 aliphatic rings. The fourth-order valence-corrected chi connectivity index (χ4v) is 1.88. The third kappa shape index (κ3) is 2.25. The zero-order valence-corrected chi connectivity index (χ0v) is 10.3. The van der Waals surface area contributed by atoms with Crippen molar-refractivity contribution in [1.29, 1.82) is 0 Å². The molecule has 2 rings (SSSR count). The number of aromatic amines is 1. The molecule has 2 N–H and O–H groups in total. The van der Waals surface area contributed by atoms with Crippen LogP contribution in [-0.2, 0) is 6.61 Å². The summed E-state index contributed by atoms with van der Waals surface area (Å²) in [5.74, 6) is 1.47. The Morgan fingerprint density at radius 3 is 2.88 bits per heavy atom. The molecule has 0 aliphatic carbocycles. The third-order valence-electron chi connectivity index (χ3n) is 2.18. The number of aliphatic hydroxyl groups excluding tert-OH is 1. The van der Waals surface area contributed by atoms with Gasteiger partial charge in [-0.3, -0.25) is 0 Å². The highest BCUT2D eigenvalue weighted by molar-refractivity contribution is 9.10. The summed E-state index contributed by atoms with van der Waals surface area (Å²) in [6, 6.07) is 5.69. The summed E-state index contributed by atoms with van der Waals surface area (Å²) >= 11 is 3.40. The summed E-state index contributed by atoms with van der Waals surface area (Å²) in [4.78, 5) is 7.20. The van der Waals surface area contributed by atoms with Crippen LogP contribution in [-0.4, -0.2) is 22.2 Å². The first-order valence-electron chi connectivity index (χ1n) is 4.72. The maximum atomic E-state index is 8.95. The van der Waals surface area contributed by atoms with Gasteiger partial charge in [0.05, 0.1) is 25.6 Å². The van der Waals surface area contributed by atoms with E-state index < -0.39 is 0 Å². The Balaban J connectivity index is 2.42. The van der Waals surface area contributed by atoms with E-state index in [0.29, 0.717) is 11.5 Å². The van der Waals surface area contributed by atoms with Gasteiger partial charge in [0.2, 0.25) is 0 Å². The first-order valence-corrected chi connectivity index (χ1v) is 5.52. The summed E-state index contributed by atoms with van der Waals surface area (Å²) < 4.78 is 6.09. The number of hydrogen-bond donors (Lipinski definition) is 2. The van der Waals surface area contributed by atoms with Crippen LogP contribution in [0.2, 0.25) is 0 Å². The van der Waals surface area contributed by atoms with Crippen molar-refractivity contribution >= 4 is 15.9 Å². The maximum absolute atomic E-state index is 8.95. The number of rotatable bonds is 3. The Kier molecular flexibility index (Phi) is 3.26. The molecule has 0 fully saturated rings. The lowest BCUT2D eigenvalue weighted by Crippen LogP contribution is -1.87. The lowest BCUT2D eigenvalue weighted by atomic mass is 10.2. The number of hydrogen-bond acceptors (Lipinski definition) is 3. The van der Waals surface area contributed by atoms with Crippen LogP contribution in [0.4, 0.5) is 0 Å². The van der Waals surface area contributed by atoms with Crippen LogP contribution in [0.3, 0.4) is 0 Å². The fourth-order valence-electron chi connectivity index (χ4n) is 1.40. The van der Waals surface area contributed by atoms with Gasteiger partial charge in [-0.2, -0.15) is 0 Å². The number of aromatic nitrogens is 2. The van der Waals surface area contributed by atoms with Crippen LogP contribution in [0.1, 0.15) is 5.69 Å². The number of nitrogens with one attached hydrogen (secondary N) is 1. The van der Waals surface area contributed by atoms with E-state index in [1.54, 1.807) is 13.3 Å². The zero-order chi connectivity index (χ0) is 11.5. The molecule has 1 heterocycles. The van der Waals surface area contributed by atoms with Crippen LogP contribution in [0.15, 0.2) is 28.9 Å². The van der Waals surface area contributed by atoms with Gasteiger partial charge in [-0.25, -0.2) is 4.98 Å². The van der Waals surface area contributed by atoms with Gasteiger partial charge in [0.15, 0.2) is 0 Å². The van der Waals surface area contributed by atoms with Gasteiger partial charge in [0.1, 0.15) is 11.6 Å². The zero-order valence-electron chi connectivity index (χ0n) is 8.70. The monoisotopic (exact) mass is 282 g/mol. The molecule has 0 unspecified atom stereocenters. The SMILES string of the molecule is COc1cc(Br)cc(-c2ncc(CO)[nH]2)c1. The number of benzene rings is 1. The lowest BCUT2D eigenvalue weighted by molar-refractivity contribution is 0.277. The highest BCUT2D eigenvalue weighted by atomic mass is 79.9. The number of ether oxygens (including phenoxy) is 1. The van der Waals surface area contributed by atoms with Gasteiger partial charge in [-0.1, -0.05) is 15.9 Å². The van der Waals surface area contributed by atoms with Gasteiger partial charge in [0.25, 0.3) is 0 Å². The van der Waals surface area contributed by atoms with Gasteiger partial charge in [-0.15, -0.1) is 0 Å². The highest BCUT2D eigenvalue weighted by Crippen LogP contribution is 2.26. The molecular weight excluding hydrogens is 272 g/mol. The van der Waals surface area contributed by atoms with Crippen LogP contribution in [0, 0.1) is 0 Å². The number of aliphatic hydroxyl groups is 1. The van der Waals surface area contributed by atoms with Crippen molar-refractivity contribution in [2.24, 2.45) is 0 Å². The van der Waals surface area contributed by atoms with Gasteiger partial charge >= 0.3 is 0 Å². The van der Waals surface area contributed by atoms with Crippen LogP contribution in [0.5, 0.6) is 5.75 Å². The maximum Gasteiger partial charge on any atom is 0.137 e. The molecule has 0 saturated heterocycles. The Bertz CT molecular complexity index is 496. The van der Waals surface area contributed by atoms with Crippen molar-refractivity contribution in [1.82, 2.24) is 9.97 Å². The number of imidazole rings is 1. The fraction of sp³-hybridized carbons (Fsp3) is 0.182. The molecule has 84 valence electrons. The number of nitrogens with zero attached hydrogens (tertiary/aromatic N) is 1. The first kappa shape index (κ1) is 11.2. The molecule has 0 saturated carbocycles. The van der Waals surface area contributed by atoms with E-state index in [1.807, 2.05) is 18.2 Å². The predicted octanol–water partition coefficient (Wildman–Crippen LogP) is 2.34. The second kappa shape index (κ2) is 4.67. The molecule has 5 heteroatoms. The minimum atomic E-state index is -0.0435. The van der Waals surface area contributed by atoms with Crippen molar-refractivity contribution in [3.63, 3.8) is 0 Å².